The first-order chi connectivity index (χ1) is 17.4. The molecule has 184 valence electrons. The lowest BCUT2D eigenvalue weighted by Crippen LogP contribution is -2.36. The average molecular weight is 588 g/mol. The van der Waals surface area contributed by atoms with E-state index < -0.39 is 23.6 Å². The minimum absolute atomic E-state index is 0.226. The SMILES string of the molecule is O=C(CN1C(=O)S/C(=C/c2cccc(OCCOc3ccccc3)c2)C1=O)Nc1ccc(Br)c(Cl)c1. The Kier molecular flexibility index (Phi) is 8.69. The van der Waals surface area contributed by atoms with Crippen molar-refractivity contribution in [3.05, 3.63) is 92.8 Å². The van der Waals surface area contributed by atoms with Crippen LogP contribution >= 0.6 is 39.3 Å². The summed E-state index contributed by atoms with van der Waals surface area (Å²) in [6.45, 7) is 0.315. The maximum Gasteiger partial charge on any atom is 0.294 e. The first-order valence-electron chi connectivity index (χ1n) is 10.8. The molecule has 1 aliphatic rings. The van der Waals surface area contributed by atoms with Crippen molar-refractivity contribution >= 4 is 68.1 Å². The summed E-state index contributed by atoms with van der Waals surface area (Å²) in [4.78, 5) is 38.8. The first-order valence-corrected chi connectivity index (χ1v) is 12.8. The van der Waals surface area contributed by atoms with E-state index in [1.165, 1.54) is 0 Å². The number of ether oxygens (including phenoxy) is 2. The second-order valence-corrected chi connectivity index (χ2v) is 9.78. The van der Waals surface area contributed by atoms with Crippen molar-refractivity contribution in [1.82, 2.24) is 4.90 Å². The molecule has 7 nitrogen and oxygen atoms in total. The van der Waals surface area contributed by atoms with E-state index in [1.807, 2.05) is 30.3 Å². The van der Waals surface area contributed by atoms with Gasteiger partial charge in [0.15, 0.2) is 0 Å². The summed E-state index contributed by atoms with van der Waals surface area (Å²) in [7, 11) is 0. The van der Waals surface area contributed by atoms with Gasteiger partial charge in [0.05, 0.1) is 9.93 Å². The highest BCUT2D eigenvalue weighted by molar-refractivity contribution is 9.10. The van der Waals surface area contributed by atoms with Crippen LogP contribution in [0.4, 0.5) is 10.5 Å². The number of nitrogens with zero attached hydrogens (tertiary/aromatic N) is 1. The van der Waals surface area contributed by atoms with E-state index in [1.54, 1.807) is 48.5 Å². The molecule has 4 rings (SSSR count). The van der Waals surface area contributed by atoms with Gasteiger partial charge in [0, 0.05) is 10.2 Å². The number of carbonyl (C=O) groups is 3. The molecule has 3 aromatic carbocycles. The fourth-order valence-electron chi connectivity index (χ4n) is 3.24. The fraction of sp³-hybridized carbons (Fsp3) is 0.115. The topological polar surface area (TPSA) is 84.9 Å². The van der Waals surface area contributed by atoms with E-state index in [2.05, 4.69) is 21.2 Å². The van der Waals surface area contributed by atoms with Crippen molar-refractivity contribution in [3.8, 4) is 11.5 Å². The van der Waals surface area contributed by atoms with Gasteiger partial charge >= 0.3 is 0 Å². The molecular formula is C26H20BrClN2O5S. The largest absolute Gasteiger partial charge is 0.490 e. The predicted octanol–water partition coefficient (Wildman–Crippen LogP) is 6.24. The average Bonchev–Trinajstić information content (AvgIpc) is 3.12. The number of carbonyl (C=O) groups excluding carboxylic acids is 3. The van der Waals surface area contributed by atoms with Gasteiger partial charge in [0.25, 0.3) is 11.1 Å². The van der Waals surface area contributed by atoms with Gasteiger partial charge in [-0.2, -0.15) is 0 Å². The maximum absolute atomic E-state index is 12.8. The van der Waals surface area contributed by atoms with Gasteiger partial charge in [-0.15, -0.1) is 0 Å². The Morgan fingerprint density at radius 3 is 2.44 bits per heavy atom. The molecule has 36 heavy (non-hydrogen) atoms. The number of hydrogen-bond acceptors (Lipinski definition) is 6. The summed E-state index contributed by atoms with van der Waals surface area (Å²) in [5.74, 6) is 0.328. The molecule has 1 fully saturated rings. The van der Waals surface area contributed by atoms with Crippen LogP contribution in [0.25, 0.3) is 6.08 Å². The lowest BCUT2D eigenvalue weighted by Gasteiger charge is -2.12. The van der Waals surface area contributed by atoms with Gasteiger partial charge in [0.2, 0.25) is 5.91 Å². The molecule has 0 atom stereocenters. The van der Waals surface area contributed by atoms with Crippen LogP contribution in [0.2, 0.25) is 5.02 Å². The van der Waals surface area contributed by atoms with Crippen LogP contribution in [-0.4, -0.2) is 41.7 Å². The third kappa shape index (κ3) is 6.90. The quantitative estimate of drug-likeness (QED) is 0.236. The zero-order valence-electron chi connectivity index (χ0n) is 18.8. The number of amides is 3. The maximum atomic E-state index is 12.8. The van der Waals surface area contributed by atoms with Crippen molar-refractivity contribution in [2.24, 2.45) is 0 Å². The van der Waals surface area contributed by atoms with Gasteiger partial charge in [-0.3, -0.25) is 19.3 Å². The molecule has 1 aliphatic heterocycles. The molecule has 0 saturated carbocycles. The van der Waals surface area contributed by atoms with Crippen molar-refractivity contribution in [2.75, 3.05) is 25.1 Å². The monoisotopic (exact) mass is 586 g/mol. The summed E-state index contributed by atoms with van der Waals surface area (Å²) in [5.41, 5.74) is 1.15. The first kappa shape index (κ1) is 25.8. The van der Waals surface area contributed by atoms with E-state index in [-0.39, 0.29) is 4.91 Å². The lowest BCUT2D eigenvalue weighted by molar-refractivity contribution is -0.127. The second-order valence-electron chi connectivity index (χ2n) is 7.53. The number of hydrogen-bond donors (Lipinski definition) is 1. The van der Waals surface area contributed by atoms with Crippen LogP contribution in [0.5, 0.6) is 11.5 Å². The Morgan fingerprint density at radius 2 is 1.69 bits per heavy atom. The summed E-state index contributed by atoms with van der Waals surface area (Å²) in [6.07, 6.45) is 1.60. The fourth-order valence-corrected chi connectivity index (χ4v) is 4.50. The van der Waals surface area contributed by atoms with Crippen LogP contribution < -0.4 is 14.8 Å². The summed E-state index contributed by atoms with van der Waals surface area (Å²) >= 11 is 10.1. The molecule has 0 unspecified atom stereocenters. The standard InChI is InChI=1S/C26H20BrClN2O5S/c27-21-10-9-18(15-22(21)28)29-24(31)16-30-25(32)23(36-26(30)33)14-17-5-4-8-20(13-17)35-12-11-34-19-6-2-1-3-7-19/h1-10,13-15H,11-12,16H2,(H,29,31)/b23-14+. The highest BCUT2D eigenvalue weighted by atomic mass is 79.9. The van der Waals surface area contributed by atoms with Crippen LogP contribution in [0.15, 0.2) is 82.2 Å². The number of rotatable bonds is 9. The second kappa shape index (κ2) is 12.1. The van der Waals surface area contributed by atoms with Gasteiger partial charge in [-0.25, -0.2) is 0 Å². The summed E-state index contributed by atoms with van der Waals surface area (Å²) < 4.78 is 12.0. The minimum Gasteiger partial charge on any atom is -0.490 e. The van der Waals surface area contributed by atoms with E-state index >= 15 is 0 Å². The molecule has 0 aromatic heterocycles. The molecule has 0 radical (unpaired) electrons. The Labute approximate surface area is 225 Å². The number of thioether (sulfide) groups is 1. The van der Waals surface area contributed by atoms with E-state index in [0.29, 0.717) is 39.7 Å². The molecule has 10 heteroatoms. The lowest BCUT2D eigenvalue weighted by atomic mass is 10.2. The zero-order chi connectivity index (χ0) is 25.5. The Hall–Kier alpha value is -3.27. The van der Waals surface area contributed by atoms with Crippen molar-refractivity contribution < 1.29 is 23.9 Å². The van der Waals surface area contributed by atoms with Gasteiger partial charge < -0.3 is 14.8 Å². The molecule has 1 N–H and O–H groups in total. The Bertz CT molecular complexity index is 1320. The predicted molar refractivity (Wildman–Crippen MR) is 144 cm³/mol. The van der Waals surface area contributed by atoms with E-state index in [4.69, 9.17) is 21.1 Å². The molecule has 3 aromatic rings. The smallest absolute Gasteiger partial charge is 0.294 e. The number of nitrogens with one attached hydrogen (secondary N) is 1. The minimum atomic E-state index is -0.531. The van der Waals surface area contributed by atoms with E-state index in [9.17, 15) is 14.4 Å². The number of benzene rings is 3. The highest BCUT2D eigenvalue weighted by Crippen LogP contribution is 2.33. The molecule has 3 amide bonds. The summed E-state index contributed by atoms with van der Waals surface area (Å²) in [5, 5.41) is 2.55. The number of halogens is 2. The molecule has 0 aliphatic carbocycles. The van der Waals surface area contributed by atoms with Crippen LogP contribution in [-0.2, 0) is 9.59 Å². The molecule has 1 heterocycles. The third-order valence-corrected chi connectivity index (χ3v) is 7.04. The van der Waals surface area contributed by atoms with Crippen molar-refractivity contribution in [1.29, 1.82) is 0 Å². The molecule has 1 saturated heterocycles. The van der Waals surface area contributed by atoms with Crippen LogP contribution in [0, 0.1) is 0 Å². The van der Waals surface area contributed by atoms with Crippen molar-refractivity contribution in [2.45, 2.75) is 0 Å². The van der Waals surface area contributed by atoms with Crippen LogP contribution in [0.3, 0.4) is 0 Å². The van der Waals surface area contributed by atoms with Gasteiger partial charge in [0.1, 0.15) is 31.3 Å². The zero-order valence-corrected chi connectivity index (χ0v) is 21.9. The van der Waals surface area contributed by atoms with Crippen molar-refractivity contribution in [3.63, 3.8) is 0 Å². The third-order valence-electron chi connectivity index (χ3n) is 4.90. The normalized spacial score (nSPS) is 14.3. The molecule has 0 bridgehead atoms. The number of imide groups is 1. The van der Waals surface area contributed by atoms with Gasteiger partial charge in [-0.05, 0) is 81.8 Å². The van der Waals surface area contributed by atoms with Crippen LogP contribution in [0.1, 0.15) is 5.56 Å². The van der Waals surface area contributed by atoms with Gasteiger partial charge in [-0.1, -0.05) is 41.9 Å². The number of para-hydroxylation sites is 1. The summed E-state index contributed by atoms with van der Waals surface area (Å²) in [6, 6.07) is 21.5. The molecular weight excluding hydrogens is 568 g/mol. The Morgan fingerprint density at radius 1 is 0.972 bits per heavy atom. The Balaban J connectivity index is 1.33. The number of anilines is 1. The molecule has 0 spiro atoms. The van der Waals surface area contributed by atoms with E-state index in [0.717, 1.165) is 22.4 Å². The highest BCUT2D eigenvalue weighted by Gasteiger charge is 2.36.